The lowest BCUT2D eigenvalue weighted by Crippen LogP contribution is -2.52. The largest absolute Gasteiger partial charge is 0.499 e. The van der Waals surface area contributed by atoms with Gasteiger partial charge in [0.25, 0.3) is 5.91 Å². The van der Waals surface area contributed by atoms with E-state index in [2.05, 4.69) is 15.1 Å². The molecule has 0 radical (unpaired) electrons. The predicted molar refractivity (Wildman–Crippen MR) is 86.2 cm³/mol. The molecule has 1 aliphatic heterocycles. The van der Waals surface area contributed by atoms with Crippen molar-refractivity contribution in [2.45, 2.75) is 40.2 Å². The van der Waals surface area contributed by atoms with Gasteiger partial charge in [-0.25, -0.2) is 0 Å². The summed E-state index contributed by atoms with van der Waals surface area (Å²) in [7, 11) is -1.98. The number of nitrogens with one attached hydrogen (secondary N) is 2. The van der Waals surface area contributed by atoms with E-state index in [1.165, 1.54) is 7.11 Å². The summed E-state index contributed by atoms with van der Waals surface area (Å²) in [5.41, 5.74) is -0.596. The Balaban J connectivity index is 2.64. The minimum absolute atomic E-state index is 0.0803. The molecule has 0 aromatic heterocycles. The Bertz CT molecular complexity index is 427. The summed E-state index contributed by atoms with van der Waals surface area (Å²) in [5.74, 6) is -0.486. The van der Waals surface area contributed by atoms with Gasteiger partial charge in [0.15, 0.2) is 6.10 Å². The molecule has 1 rings (SSSR count). The van der Waals surface area contributed by atoms with Gasteiger partial charge in [0.2, 0.25) is 0 Å². The van der Waals surface area contributed by atoms with Crippen LogP contribution in [0, 0.1) is 11.3 Å². The number of carbonyl (C=O) groups excluding carboxylic acids is 2. The molecule has 134 valence electrons. The average Bonchev–Trinajstić information content (AvgIpc) is 2.48. The summed E-state index contributed by atoms with van der Waals surface area (Å²) < 4.78 is 15.6. The Morgan fingerprint density at radius 3 is 2.65 bits per heavy atom. The number of hydrogen-bond donors (Lipinski definition) is 3. The maximum Gasteiger partial charge on any atom is 0.499 e. The SMILES string of the molecule is COC(=O)CCNC(=O)[C@@H]1O[P+](O)(NCC(C)C)OCC1(C)C. The molecule has 2 atom stereocenters. The van der Waals surface area contributed by atoms with Gasteiger partial charge in [-0.2, -0.15) is 9.42 Å². The van der Waals surface area contributed by atoms with Crippen LogP contribution in [-0.4, -0.2) is 49.7 Å². The smallest absolute Gasteiger partial charge is 0.469 e. The topological polar surface area (TPSA) is 106 Å². The Kier molecular flexibility index (Phi) is 7.35. The molecule has 0 aromatic rings. The monoisotopic (exact) mass is 351 g/mol. The van der Waals surface area contributed by atoms with Crippen molar-refractivity contribution in [1.29, 1.82) is 0 Å². The van der Waals surface area contributed by atoms with Gasteiger partial charge in [-0.3, -0.25) is 9.59 Å². The lowest BCUT2D eigenvalue weighted by molar-refractivity contribution is -0.142. The highest BCUT2D eigenvalue weighted by Gasteiger charge is 2.57. The quantitative estimate of drug-likeness (QED) is 0.464. The van der Waals surface area contributed by atoms with E-state index in [-0.39, 0.29) is 25.5 Å². The number of ether oxygens (including phenoxy) is 1. The van der Waals surface area contributed by atoms with E-state index in [1.54, 1.807) is 0 Å². The van der Waals surface area contributed by atoms with Crippen molar-refractivity contribution in [3.05, 3.63) is 0 Å². The van der Waals surface area contributed by atoms with Crippen LogP contribution in [0.5, 0.6) is 0 Å². The van der Waals surface area contributed by atoms with Gasteiger partial charge in [0.05, 0.1) is 13.5 Å². The molecule has 1 fully saturated rings. The van der Waals surface area contributed by atoms with Crippen molar-refractivity contribution in [2.24, 2.45) is 11.3 Å². The fourth-order valence-corrected chi connectivity index (χ4v) is 3.91. The van der Waals surface area contributed by atoms with Crippen molar-refractivity contribution < 1.29 is 28.3 Å². The average molecular weight is 351 g/mol. The first-order chi connectivity index (χ1) is 10.6. The Morgan fingerprint density at radius 1 is 1.43 bits per heavy atom. The van der Waals surface area contributed by atoms with Crippen LogP contribution in [0.3, 0.4) is 0 Å². The second kappa shape index (κ2) is 8.35. The van der Waals surface area contributed by atoms with Crippen molar-refractivity contribution in [3.8, 4) is 0 Å². The first-order valence-corrected chi connectivity index (χ1v) is 9.22. The summed E-state index contributed by atoms with van der Waals surface area (Å²) in [6, 6.07) is 0. The first kappa shape index (κ1) is 20.3. The number of methoxy groups -OCH3 is 1. The zero-order valence-corrected chi connectivity index (χ0v) is 15.3. The van der Waals surface area contributed by atoms with Gasteiger partial charge in [0, 0.05) is 18.5 Å². The third-order valence-corrected chi connectivity index (χ3v) is 4.92. The second-order valence-corrected chi connectivity index (χ2v) is 8.47. The molecule has 8 nitrogen and oxygen atoms in total. The lowest BCUT2D eigenvalue weighted by Gasteiger charge is -2.37. The van der Waals surface area contributed by atoms with E-state index >= 15 is 0 Å². The predicted octanol–water partition coefficient (Wildman–Crippen LogP) is 1.02. The highest BCUT2D eigenvalue weighted by atomic mass is 31.2. The van der Waals surface area contributed by atoms with E-state index < -0.39 is 25.6 Å². The van der Waals surface area contributed by atoms with Crippen LogP contribution < -0.4 is 10.4 Å². The number of esters is 1. The first-order valence-electron chi connectivity index (χ1n) is 7.64. The van der Waals surface area contributed by atoms with Crippen molar-refractivity contribution >= 4 is 20.0 Å². The molecular weight excluding hydrogens is 323 g/mol. The van der Waals surface area contributed by atoms with Crippen LogP contribution >= 0.6 is 8.09 Å². The van der Waals surface area contributed by atoms with Gasteiger partial charge in [-0.15, -0.1) is 9.61 Å². The van der Waals surface area contributed by atoms with Crippen LogP contribution in [-0.2, 0) is 23.4 Å². The molecule has 9 heteroatoms. The summed E-state index contributed by atoms with van der Waals surface area (Å²) >= 11 is 0. The molecule has 1 saturated heterocycles. The Labute approximate surface area is 137 Å². The molecule has 3 N–H and O–H groups in total. The molecule has 23 heavy (non-hydrogen) atoms. The van der Waals surface area contributed by atoms with E-state index in [9.17, 15) is 14.5 Å². The molecule has 1 amide bonds. The maximum absolute atomic E-state index is 12.3. The van der Waals surface area contributed by atoms with Crippen LogP contribution in [0.1, 0.15) is 34.1 Å². The second-order valence-electron chi connectivity index (χ2n) is 6.64. The maximum atomic E-state index is 12.3. The molecule has 0 saturated carbocycles. The molecule has 0 aliphatic carbocycles. The van der Waals surface area contributed by atoms with Crippen molar-refractivity contribution in [1.82, 2.24) is 10.4 Å². The molecular formula is C14H28N2O6P+. The van der Waals surface area contributed by atoms with Gasteiger partial charge in [-0.05, 0) is 5.92 Å². The number of hydrogen-bond acceptors (Lipinski definition) is 7. The highest BCUT2D eigenvalue weighted by molar-refractivity contribution is 7.58. The standard InChI is InChI=1S/C14H27N2O6P/c1-10(2)8-16-23(19)21-9-14(3,4)12(22-23)13(18)15-7-6-11(17)20-5/h10,12,16,19H,6-9H2,1-5H3/p+1/t12-,23?/m0/s1. The minimum atomic E-state index is -3.27. The fraction of sp³-hybridized carbons (Fsp3) is 0.857. The van der Waals surface area contributed by atoms with Gasteiger partial charge >= 0.3 is 14.1 Å². The van der Waals surface area contributed by atoms with E-state index in [1.807, 2.05) is 27.7 Å². The summed E-state index contributed by atoms with van der Waals surface area (Å²) in [4.78, 5) is 33.8. The van der Waals surface area contributed by atoms with Crippen LogP contribution in [0.2, 0.25) is 0 Å². The molecule has 1 unspecified atom stereocenters. The zero-order valence-electron chi connectivity index (χ0n) is 14.4. The third kappa shape index (κ3) is 6.31. The van der Waals surface area contributed by atoms with Crippen molar-refractivity contribution in [2.75, 3.05) is 26.8 Å². The van der Waals surface area contributed by atoms with E-state index in [0.717, 1.165) is 0 Å². The molecule has 1 aliphatic rings. The normalized spacial score (nSPS) is 26.8. The van der Waals surface area contributed by atoms with Gasteiger partial charge in [0.1, 0.15) is 6.61 Å². The van der Waals surface area contributed by atoms with Crippen LogP contribution in [0.15, 0.2) is 0 Å². The lowest BCUT2D eigenvalue weighted by atomic mass is 9.87. The summed E-state index contributed by atoms with van der Waals surface area (Å²) in [6.45, 7) is 8.48. The van der Waals surface area contributed by atoms with E-state index in [4.69, 9.17) is 9.05 Å². The highest BCUT2D eigenvalue weighted by Crippen LogP contribution is 2.59. The Morgan fingerprint density at radius 2 is 2.09 bits per heavy atom. The zero-order chi connectivity index (χ0) is 17.7. The molecule has 0 aromatic carbocycles. The third-order valence-electron chi connectivity index (χ3n) is 3.36. The Hall–Kier alpha value is -0.790. The fourth-order valence-electron chi connectivity index (χ4n) is 1.91. The number of rotatable bonds is 7. The minimum Gasteiger partial charge on any atom is -0.469 e. The molecule has 1 heterocycles. The number of amides is 1. The van der Waals surface area contributed by atoms with Crippen LogP contribution in [0.4, 0.5) is 0 Å². The molecule has 0 spiro atoms. The molecule has 0 bridgehead atoms. The van der Waals surface area contributed by atoms with Gasteiger partial charge < -0.3 is 10.1 Å². The number of carbonyl (C=O) groups is 2. The van der Waals surface area contributed by atoms with Crippen molar-refractivity contribution in [3.63, 3.8) is 0 Å². The van der Waals surface area contributed by atoms with Crippen LogP contribution in [0.25, 0.3) is 0 Å². The summed E-state index contributed by atoms with van der Waals surface area (Å²) in [5, 5.41) is 5.51. The van der Waals surface area contributed by atoms with Gasteiger partial charge in [-0.1, -0.05) is 27.7 Å². The summed E-state index contributed by atoms with van der Waals surface area (Å²) in [6.07, 6.45) is -0.788. The van der Waals surface area contributed by atoms with E-state index in [0.29, 0.717) is 12.5 Å².